The highest BCUT2D eigenvalue weighted by molar-refractivity contribution is 7.17. The van der Waals surface area contributed by atoms with E-state index in [1.54, 1.807) is 13.8 Å². The van der Waals surface area contributed by atoms with Gasteiger partial charge in [-0.05, 0) is 25.3 Å². The SMILES string of the molecule is CCOC(=O)c1sc(NC(=O)CCc2nc(-c3cccs3)no2)nc1C. The molecule has 0 aliphatic heterocycles. The van der Waals surface area contributed by atoms with Gasteiger partial charge in [-0.1, -0.05) is 22.6 Å². The second kappa shape index (κ2) is 8.19. The fraction of sp³-hybridized carbons (Fsp3) is 0.312. The zero-order chi connectivity index (χ0) is 18.5. The lowest BCUT2D eigenvalue weighted by molar-refractivity contribution is -0.116. The van der Waals surface area contributed by atoms with Gasteiger partial charge in [0.05, 0.1) is 17.2 Å². The average Bonchev–Trinajstić information content (AvgIpc) is 3.33. The molecule has 3 aromatic heterocycles. The Morgan fingerprint density at radius 3 is 2.92 bits per heavy atom. The van der Waals surface area contributed by atoms with Crippen LogP contribution in [0.15, 0.2) is 22.0 Å². The molecule has 3 rings (SSSR count). The number of carbonyl (C=O) groups excluding carboxylic acids is 2. The zero-order valence-electron chi connectivity index (χ0n) is 14.1. The number of rotatable bonds is 7. The number of nitrogens with one attached hydrogen (secondary N) is 1. The number of esters is 1. The van der Waals surface area contributed by atoms with Crippen LogP contribution in [0.5, 0.6) is 0 Å². The fourth-order valence-electron chi connectivity index (χ4n) is 2.10. The first kappa shape index (κ1) is 18.2. The molecule has 3 aromatic rings. The maximum Gasteiger partial charge on any atom is 0.350 e. The molecule has 26 heavy (non-hydrogen) atoms. The van der Waals surface area contributed by atoms with E-state index >= 15 is 0 Å². The number of carbonyl (C=O) groups is 2. The standard InChI is InChI=1S/C16H16N4O4S2/c1-3-23-15(22)13-9(2)17-16(26-13)18-11(21)6-7-12-19-14(20-24-12)10-5-4-8-25-10/h4-5,8H,3,6-7H2,1-2H3,(H,17,18,21). The van der Waals surface area contributed by atoms with Gasteiger partial charge in [0.2, 0.25) is 17.6 Å². The Kier molecular flexibility index (Phi) is 5.74. The Labute approximate surface area is 157 Å². The van der Waals surface area contributed by atoms with Crippen molar-refractivity contribution in [1.29, 1.82) is 0 Å². The van der Waals surface area contributed by atoms with Gasteiger partial charge >= 0.3 is 5.97 Å². The van der Waals surface area contributed by atoms with Crippen LogP contribution >= 0.6 is 22.7 Å². The van der Waals surface area contributed by atoms with Crippen molar-refractivity contribution in [2.24, 2.45) is 0 Å². The molecule has 0 saturated heterocycles. The van der Waals surface area contributed by atoms with Crippen molar-refractivity contribution in [3.63, 3.8) is 0 Å². The molecular formula is C16H16N4O4S2. The van der Waals surface area contributed by atoms with Crippen LogP contribution in [0.4, 0.5) is 5.13 Å². The summed E-state index contributed by atoms with van der Waals surface area (Å²) < 4.78 is 10.1. The van der Waals surface area contributed by atoms with Gasteiger partial charge in [-0.15, -0.1) is 11.3 Å². The summed E-state index contributed by atoms with van der Waals surface area (Å²) in [6.07, 6.45) is 0.485. The van der Waals surface area contributed by atoms with Crippen molar-refractivity contribution >= 4 is 39.7 Å². The molecule has 0 spiro atoms. The van der Waals surface area contributed by atoms with E-state index in [9.17, 15) is 9.59 Å². The molecule has 0 aromatic carbocycles. The first-order chi connectivity index (χ1) is 12.6. The third-order valence-corrected chi connectivity index (χ3v) is 5.20. The minimum absolute atomic E-state index is 0.166. The molecule has 0 atom stereocenters. The summed E-state index contributed by atoms with van der Waals surface area (Å²) in [5, 5.41) is 8.87. The van der Waals surface area contributed by atoms with Crippen molar-refractivity contribution in [2.75, 3.05) is 11.9 Å². The fourth-order valence-corrected chi connectivity index (χ4v) is 3.63. The molecule has 0 bridgehead atoms. The number of thiophene rings is 1. The number of thiazole rings is 1. The number of hydrogen-bond donors (Lipinski definition) is 1. The number of aromatic nitrogens is 3. The largest absolute Gasteiger partial charge is 0.462 e. The maximum absolute atomic E-state index is 12.1. The number of aryl methyl sites for hydroxylation is 2. The molecule has 0 unspecified atom stereocenters. The molecule has 0 aliphatic rings. The van der Waals surface area contributed by atoms with Gasteiger partial charge < -0.3 is 14.6 Å². The summed E-state index contributed by atoms with van der Waals surface area (Å²) in [5.41, 5.74) is 0.529. The zero-order valence-corrected chi connectivity index (χ0v) is 15.8. The van der Waals surface area contributed by atoms with Crippen LogP contribution in [0, 0.1) is 6.92 Å². The third-order valence-electron chi connectivity index (χ3n) is 3.28. The molecule has 0 radical (unpaired) electrons. The first-order valence-corrected chi connectivity index (χ1v) is 9.57. The van der Waals surface area contributed by atoms with Crippen LogP contribution < -0.4 is 5.32 Å². The summed E-state index contributed by atoms with van der Waals surface area (Å²) in [4.78, 5) is 33.6. The lowest BCUT2D eigenvalue weighted by Crippen LogP contribution is -2.12. The highest BCUT2D eigenvalue weighted by Crippen LogP contribution is 2.24. The molecule has 136 valence electrons. The molecular weight excluding hydrogens is 376 g/mol. The second-order valence-electron chi connectivity index (χ2n) is 5.19. The lowest BCUT2D eigenvalue weighted by Gasteiger charge is -1.99. The van der Waals surface area contributed by atoms with Crippen LogP contribution in [-0.4, -0.2) is 33.6 Å². The second-order valence-corrected chi connectivity index (χ2v) is 7.14. The normalized spacial score (nSPS) is 10.7. The molecule has 3 heterocycles. The first-order valence-electron chi connectivity index (χ1n) is 7.87. The highest BCUT2D eigenvalue weighted by Gasteiger charge is 2.18. The Morgan fingerprint density at radius 1 is 1.35 bits per heavy atom. The number of anilines is 1. The predicted octanol–water partition coefficient (Wildman–Crippen LogP) is 3.31. The summed E-state index contributed by atoms with van der Waals surface area (Å²) >= 11 is 2.61. The minimum atomic E-state index is -0.435. The van der Waals surface area contributed by atoms with Crippen LogP contribution in [-0.2, 0) is 16.0 Å². The molecule has 0 saturated carbocycles. The quantitative estimate of drug-likeness (QED) is 0.615. The Morgan fingerprint density at radius 2 is 2.19 bits per heavy atom. The molecule has 8 nitrogen and oxygen atoms in total. The van der Waals surface area contributed by atoms with Crippen LogP contribution in [0.2, 0.25) is 0 Å². The number of amides is 1. The van der Waals surface area contributed by atoms with Gasteiger partial charge in [-0.3, -0.25) is 4.79 Å². The Hall–Kier alpha value is -2.59. The molecule has 0 aliphatic carbocycles. The van der Waals surface area contributed by atoms with E-state index in [1.807, 2.05) is 17.5 Å². The van der Waals surface area contributed by atoms with Crippen LogP contribution in [0.25, 0.3) is 10.7 Å². The number of hydrogen-bond acceptors (Lipinski definition) is 9. The van der Waals surface area contributed by atoms with Gasteiger partial charge in [0.25, 0.3) is 0 Å². The van der Waals surface area contributed by atoms with Crippen molar-refractivity contribution in [2.45, 2.75) is 26.7 Å². The summed E-state index contributed by atoms with van der Waals surface area (Å²) in [6.45, 7) is 3.72. The molecule has 1 amide bonds. The topological polar surface area (TPSA) is 107 Å². The van der Waals surface area contributed by atoms with E-state index in [2.05, 4.69) is 20.4 Å². The van der Waals surface area contributed by atoms with Gasteiger partial charge in [0.15, 0.2) is 5.13 Å². The summed E-state index contributed by atoms with van der Waals surface area (Å²) in [6, 6.07) is 3.81. The van der Waals surface area contributed by atoms with E-state index in [0.29, 0.717) is 33.8 Å². The Balaban J connectivity index is 1.55. The predicted molar refractivity (Wildman–Crippen MR) is 97.4 cm³/mol. The average molecular weight is 392 g/mol. The number of nitrogens with zero attached hydrogens (tertiary/aromatic N) is 3. The van der Waals surface area contributed by atoms with Gasteiger partial charge in [-0.2, -0.15) is 4.98 Å². The molecule has 1 N–H and O–H groups in total. The van der Waals surface area contributed by atoms with E-state index in [0.717, 1.165) is 16.2 Å². The van der Waals surface area contributed by atoms with Crippen molar-refractivity contribution < 1.29 is 18.8 Å². The van der Waals surface area contributed by atoms with Crippen LogP contribution in [0.3, 0.4) is 0 Å². The highest BCUT2D eigenvalue weighted by atomic mass is 32.1. The minimum Gasteiger partial charge on any atom is -0.462 e. The molecule has 10 heteroatoms. The summed E-state index contributed by atoms with van der Waals surface area (Å²) in [5.74, 6) is 0.233. The van der Waals surface area contributed by atoms with Crippen molar-refractivity contribution in [3.05, 3.63) is 34.0 Å². The van der Waals surface area contributed by atoms with Gasteiger partial charge in [0, 0.05) is 12.8 Å². The van der Waals surface area contributed by atoms with E-state index < -0.39 is 5.97 Å². The van der Waals surface area contributed by atoms with Gasteiger partial charge in [-0.25, -0.2) is 9.78 Å². The van der Waals surface area contributed by atoms with E-state index in [4.69, 9.17) is 9.26 Å². The Bertz CT molecular complexity index is 901. The van der Waals surface area contributed by atoms with Crippen molar-refractivity contribution in [3.8, 4) is 10.7 Å². The summed E-state index contributed by atoms with van der Waals surface area (Å²) in [7, 11) is 0. The molecule has 0 fully saturated rings. The smallest absolute Gasteiger partial charge is 0.350 e. The van der Waals surface area contributed by atoms with Crippen LogP contribution in [0.1, 0.15) is 34.6 Å². The van der Waals surface area contributed by atoms with E-state index in [1.165, 1.54) is 11.3 Å². The van der Waals surface area contributed by atoms with Crippen molar-refractivity contribution in [1.82, 2.24) is 15.1 Å². The lowest BCUT2D eigenvalue weighted by atomic mass is 10.3. The van der Waals surface area contributed by atoms with E-state index in [-0.39, 0.29) is 18.9 Å². The van der Waals surface area contributed by atoms with Gasteiger partial charge in [0.1, 0.15) is 4.88 Å². The monoisotopic (exact) mass is 392 g/mol. The maximum atomic E-state index is 12.1. The number of ether oxygens (including phenoxy) is 1. The third kappa shape index (κ3) is 4.33.